The minimum atomic E-state index is -0.924. The lowest BCUT2D eigenvalue weighted by Gasteiger charge is -2.53. The van der Waals surface area contributed by atoms with E-state index < -0.39 is 29.7 Å². The smallest absolute Gasteiger partial charge is 0.310 e. The molecule has 7 heteroatoms. The maximum atomic E-state index is 13.4. The van der Waals surface area contributed by atoms with Gasteiger partial charge >= 0.3 is 17.9 Å². The fraction of sp³-hybridized carbons (Fsp3) is 0.930. The van der Waals surface area contributed by atoms with E-state index in [1.165, 1.54) is 103 Å². The zero-order valence-corrected chi connectivity index (χ0v) is 34.2. The Kier molecular flexibility index (Phi) is 25.1. The van der Waals surface area contributed by atoms with E-state index >= 15 is 0 Å². The van der Waals surface area contributed by atoms with Gasteiger partial charge in [-0.05, 0) is 47.6 Å². The summed E-state index contributed by atoms with van der Waals surface area (Å²) in [5, 5.41) is 0. The molecule has 0 saturated carbocycles. The molecule has 0 radical (unpaired) electrons. The van der Waals surface area contributed by atoms with E-state index in [2.05, 4.69) is 53.5 Å². The second-order valence-electron chi connectivity index (χ2n) is 16.7. The standard InChI is InChI=1S/C43H81NO6/c1-9-11-13-15-17-19-21-23-25-27-29-31-48-40(46)36(3)38(33-39(45)50-37-34-42(4,5)44(8)43(6,7)35-37)41(47)49-32-30-28-26-24-22-20-18-16-14-12-10-2/h36-38H,9-35H2,1-8H3. The average Bonchev–Trinajstić information content (AvgIpc) is 3.06. The fourth-order valence-corrected chi connectivity index (χ4v) is 7.52. The van der Waals surface area contributed by atoms with E-state index in [1.807, 2.05) is 0 Å². The first-order valence-corrected chi connectivity index (χ1v) is 21.1. The summed E-state index contributed by atoms with van der Waals surface area (Å²) in [6.45, 7) is 15.5. The molecule has 0 aromatic carbocycles. The van der Waals surface area contributed by atoms with Crippen molar-refractivity contribution >= 4 is 17.9 Å². The normalized spacial score (nSPS) is 17.3. The monoisotopic (exact) mass is 708 g/mol. The molecule has 0 spiro atoms. The predicted octanol–water partition coefficient (Wildman–Crippen LogP) is 11.5. The summed E-state index contributed by atoms with van der Waals surface area (Å²) in [4.78, 5) is 42.2. The number of likely N-dealkylation sites (tertiary alicyclic amines) is 1. The average molecular weight is 708 g/mol. The predicted molar refractivity (Wildman–Crippen MR) is 207 cm³/mol. The lowest BCUT2D eigenvalue weighted by Crippen LogP contribution is -2.60. The molecule has 1 fully saturated rings. The summed E-state index contributed by atoms with van der Waals surface area (Å²) in [5.74, 6) is -3.11. The summed E-state index contributed by atoms with van der Waals surface area (Å²) in [6.07, 6.45) is 27.8. The van der Waals surface area contributed by atoms with Crippen LogP contribution >= 0.6 is 0 Å². The van der Waals surface area contributed by atoms with Crippen LogP contribution in [0, 0.1) is 11.8 Å². The van der Waals surface area contributed by atoms with Crippen LogP contribution in [0.4, 0.5) is 0 Å². The van der Waals surface area contributed by atoms with Gasteiger partial charge in [-0.3, -0.25) is 19.3 Å². The summed E-state index contributed by atoms with van der Waals surface area (Å²) < 4.78 is 17.3. The lowest BCUT2D eigenvalue weighted by molar-refractivity contribution is -0.168. The highest BCUT2D eigenvalue weighted by molar-refractivity contribution is 5.85. The van der Waals surface area contributed by atoms with Gasteiger partial charge in [0.25, 0.3) is 0 Å². The molecule has 0 aromatic heterocycles. The number of unbranched alkanes of at least 4 members (excludes halogenated alkanes) is 20. The maximum absolute atomic E-state index is 13.4. The van der Waals surface area contributed by atoms with E-state index in [4.69, 9.17) is 14.2 Å². The molecule has 0 N–H and O–H groups in total. The van der Waals surface area contributed by atoms with Crippen molar-refractivity contribution in [2.45, 2.75) is 226 Å². The van der Waals surface area contributed by atoms with Crippen molar-refractivity contribution in [3.8, 4) is 0 Å². The molecule has 1 saturated heterocycles. The summed E-state index contributed by atoms with van der Waals surface area (Å²) in [7, 11) is 2.11. The Labute approximate surface area is 309 Å². The number of hydrogen-bond donors (Lipinski definition) is 0. The van der Waals surface area contributed by atoms with E-state index in [0.717, 1.165) is 38.5 Å². The van der Waals surface area contributed by atoms with Crippen LogP contribution in [0.5, 0.6) is 0 Å². The van der Waals surface area contributed by atoms with Crippen molar-refractivity contribution in [2.75, 3.05) is 20.3 Å². The van der Waals surface area contributed by atoms with Crippen molar-refractivity contribution in [1.29, 1.82) is 0 Å². The van der Waals surface area contributed by atoms with Gasteiger partial charge in [-0.2, -0.15) is 0 Å². The highest BCUT2D eigenvalue weighted by Gasteiger charge is 2.45. The Balaban J connectivity index is 2.57. The highest BCUT2D eigenvalue weighted by atomic mass is 16.6. The molecule has 7 nitrogen and oxygen atoms in total. The van der Waals surface area contributed by atoms with Crippen LogP contribution in [-0.2, 0) is 28.6 Å². The lowest BCUT2D eigenvalue weighted by atomic mass is 9.78. The van der Waals surface area contributed by atoms with Gasteiger partial charge in [-0.15, -0.1) is 0 Å². The molecule has 1 heterocycles. The first kappa shape index (κ1) is 46.4. The Hall–Kier alpha value is -1.63. The van der Waals surface area contributed by atoms with E-state index in [9.17, 15) is 14.4 Å². The molecule has 1 aliphatic heterocycles. The molecular weight excluding hydrogens is 626 g/mol. The largest absolute Gasteiger partial charge is 0.465 e. The van der Waals surface area contributed by atoms with Crippen LogP contribution in [0.25, 0.3) is 0 Å². The summed E-state index contributed by atoms with van der Waals surface area (Å²) in [6, 6.07) is 0. The molecule has 1 rings (SSSR count). The molecule has 0 aromatic rings. The topological polar surface area (TPSA) is 82.1 Å². The van der Waals surface area contributed by atoms with Crippen molar-refractivity contribution in [2.24, 2.45) is 11.8 Å². The number of nitrogens with zero attached hydrogens (tertiary/aromatic N) is 1. The van der Waals surface area contributed by atoms with Crippen LogP contribution in [0.15, 0.2) is 0 Å². The van der Waals surface area contributed by atoms with Gasteiger partial charge in [-0.1, -0.05) is 149 Å². The SMILES string of the molecule is CCCCCCCCCCCCCOC(=O)C(C)C(CC(=O)OC1CC(C)(C)N(C)C(C)(C)C1)C(=O)OCCCCCCCCCCCCC. The number of rotatable bonds is 30. The number of carbonyl (C=O) groups excluding carboxylic acids is 3. The van der Waals surface area contributed by atoms with Gasteiger partial charge in [0.05, 0.1) is 31.5 Å². The molecule has 1 aliphatic rings. The molecule has 294 valence electrons. The van der Waals surface area contributed by atoms with E-state index in [-0.39, 0.29) is 23.6 Å². The number of piperidine rings is 1. The van der Waals surface area contributed by atoms with Gasteiger partial charge in [-0.25, -0.2) is 0 Å². The molecule has 2 unspecified atom stereocenters. The number of ether oxygens (including phenoxy) is 3. The minimum absolute atomic E-state index is 0.134. The zero-order chi connectivity index (χ0) is 37.3. The molecule has 50 heavy (non-hydrogen) atoms. The van der Waals surface area contributed by atoms with Crippen molar-refractivity contribution in [1.82, 2.24) is 4.90 Å². The van der Waals surface area contributed by atoms with Crippen LogP contribution in [0.3, 0.4) is 0 Å². The fourth-order valence-electron chi connectivity index (χ4n) is 7.52. The van der Waals surface area contributed by atoms with Crippen LogP contribution < -0.4 is 0 Å². The first-order valence-electron chi connectivity index (χ1n) is 21.1. The molecular formula is C43H81NO6. The Bertz CT molecular complexity index is 884. The summed E-state index contributed by atoms with van der Waals surface area (Å²) >= 11 is 0. The second-order valence-corrected chi connectivity index (χ2v) is 16.7. The van der Waals surface area contributed by atoms with Gasteiger partial charge in [0.2, 0.25) is 0 Å². The van der Waals surface area contributed by atoms with Crippen molar-refractivity contribution in [3.05, 3.63) is 0 Å². The molecule has 2 atom stereocenters. The number of carbonyl (C=O) groups is 3. The third kappa shape index (κ3) is 20.4. The van der Waals surface area contributed by atoms with Gasteiger partial charge < -0.3 is 14.2 Å². The van der Waals surface area contributed by atoms with E-state index in [1.54, 1.807) is 6.92 Å². The minimum Gasteiger partial charge on any atom is -0.465 e. The Morgan fingerprint density at radius 2 is 0.920 bits per heavy atom. The third-order valence-corrected chi connectivity index (χ3v) is 11.2. The highest BCUT2D eigenvalue weighted by Crippen LogP contribution is 2.38. The van der Waals surface area contributed by atoms with Gasteiger partial charge in [0, 0.05) is 23.9 Å². The number of esters is 3. The summed E-state index contributed by atoms with van der Waals surface area (Å²) in [5.41, 5.74) is -0.268. The van der Waals surface area contributed by atoms with Crippen molar-refractivity contribution in [3.63, 3.8) is 0 Å². The first-order chi connectivity index (χ1) is 23.9. The van der Waals surface area contributed by atoms with Crippen LogP contribution in [-0.4, -0.2) is 60.3 Å². The molecule has 0 bridgehead atoms. The van der Waals surface area contributed by atoms with E-state index in [0.29, 0.717) is 26.1 Å². The molecule has 0 amide bonds. The zero-order valence-electron chi connectivity index (χ0n) is 34.2. The quantitative estimate of drug-likeness (QED) is 0.0417. The Morgan fingerprint density at radius 1 is 0.580 bits per heavy atom. The number of hydrogen-bond acceptors (Lipinski definition) is 7. The van der Waals surface area contributed by atoms with Crippen LogP contribution in [0.1, 0.15) is 209 Å². The maximum Gasteiger partial charge on any atom is 0.310 e. The molecule has 0 aliphatic carbocycles. The second kappa shape index (κ2) is 27.0. The third-order valence-electron chi connectivity index (χ3n) is 11.2. The van der Waals surface area contributed by atoms with Gasteiger partial charge in [0.1, 0.15) is 6.10 Å². The van der Waals surface area contributed by atoms with Gasteiger partial charge in [0.15, 0.2) is 0 Å². The Morgan fingerprint density at radius 3 is 1.30 bits per heavy atom. The van der Waals surface area contributed by atoms with Crippen LogP contribution in [0.2, 0.25) is 0 Å². The van der Waals surface area contributed by atoms with Crippen molar-refractivity contribution < 1.29 is 28.6 Å².